The maximum absolute atomic E-state index is 13.3. The molecule has 7 nitrogen and oxygen atoms in total. The third-order valence-corrected chi connectivity index (χ3v) is 5.24. The van der Waals surface area contributed by atoms with Gasteiger partial charge >= 0.3 is 0 Å². The molecule has 0 aliphatic carbocycles. The molecule has 0 saturated carbocycles. The van der Waals surface area contributed by atoms with Gasteiger partial charge in [-0.25, -0.2) is 0 Å². The molecule has 0 bridgehead atoms. The fourth-order valence-corrected chi connectivity index (χ4v) is 3.77. The standard InChI is InChI=1S/C21H29N5O2.ClH/c1-4-9-26(14-20(27)24-19-8-6-5-7-15(19)2)21(28)18-12-22-11-17(18)16-10-23-25(3)13-16;/h5-8,10,13,17-18,22H,4,9,11-12,14H2,1-3H3,(H,24,27);1H/t17-,18+;/m1./s1. The summed E-state index contributed by atoms with van der Waals surface area (Å²) < 4.78 is 1.76. The summed E-state index contributed by atoms with van der Waals surface area (Å²) in [5.74, 6) is -0.234. The zero-order valence-corrected chi connectivity index (χ0v) is 18.0. The number of aromatic nitrogens is 2. The number of carbonyl (C=O) groups excluding carboxylic acids is 2. The monoisotopic (exact) mass is 419 g/mol. The van der Waals surface area contributed by atoms with E-state index >= 15 is 0 Å². The summed E-state index contributed by atoms with van der Waals surface area (Å²) in [5, 5.41) is 10.5. The molecule has 3 rings (SSSR count). The van der Waals surface area contributed by atoms with Crippen LogP contribution in [0.2, 0.25) is 0 Å². The van der Waals surface area contributed by atoms with Gasteiger partial charge in [-0.2, -0.15) is 5.10 Å². The van der Waals surface area contributed by atoms with E-state index in [0.29, 0.717) is 13.1 Å². The van der Waals surface area contributed by atoms with E-state index in [1.54, 1.807) is 9.58 Å². The molecule has 1 aliphatic rings. The van der Waals surface area contributed by atoms with Gasteiger partial charge in [-0.3, -0.25) is 14.3 Å². The zero-order valence-electron chi connectivity index (χ0n) is 17.2. The number of rotatable bonds is 7. The molecule has 2 heterocycles. The van der Waals surface area contributed by atoms with Crippen molar-refractivity contribution in [3.63, 3.8) is 0 Å². The minimum absolute atomic E-state index is 0. The van der Waals surface area contributed by atoms with Crippen LogP contribution in [0, 0.1) is 12.8 Å². The fourth-order valence-electron chi connectivity index (χ4n) is 3.77. The highest BCUT2D eigenvalue weighted by Crippen LogP contribution is 2.29. The van der Waals surface area contributed by atoms with Gasteiger partial charge in [-0.05, 0) is 30.5 Å². The number of para-hydroxylation sites is 1. The second-order valence-electron chi connectivity index (χ2n) is 7.44. The van der Waals surface area contributed by atoms with Crippen molar-refractivity contribution in [3.8, 4) is 0 Å². The van der Waals surface area contributed by atoms with Crippen molar-refractivity contribution in [2.24, 2.45) is 13.0 Å². The quantitative estimate of drug-likeness (QED) is 0.721. The van der Waals surface area contributed by atoms with Crippen molar-refractivity contribution < 1.29 is 9.59 Å². The van der Waals surface area contributed by atoms with Gasteiger partial charge in [0.2, 0.25) is 11.8 Å². The lowest BCUT2D eigenvalue weighted by molar-refractivity contribution is -0.138. The van der Waals surface area contributed by atoms with Crippen LogP contribution in [0.1, 0.15) is 30.4 Å². The van der Waals surface area contributed by atoms with E-state index in [1.807, 2.05) is 57.6 Å². The Kier molecular flexibility index (Phi) is 8.22. The van der Waals surface area contributed by atoms with Gasteiger partial charge in [0.05, 0.1) is 18.7 Å². The van der Waals surface area contributed by atoms with Crippen LogP contribution in [-0.4, -0.2) is 52.7 Å². The number of benzene rings is 1. The largest absolute Gasteiger partial charge is 0.333 e. The lowest BCUT2D eigenvalue weighted by Gasteiger charge is -2.27. The molecular weight excluding hydrogens is 390 g/mol. The van der Waals surface area contributed by atoms with Crippen molar-refractivity contribution in [2.75, 3.05) is 31.5 Å². The van der Waals surface area contributed by atoms with E-state index in [1.165, 1.54) is 0 Å². The highest BCUT2D eigenvalue weighted by molar-refractivity contribution is 5.95. The molecule has 1 aromatic heterocycles. The lowest BCUT2D eigenvalue weighted by atomic mass is 9.89. The average molecular weight is 420 g/mol. The van der Waals surface area contributed by atoms with Crippen molar-refractivity contribution in [1.29, 1.82) is 0 Å². The normalized spacial score (nSPS) is 18.2. The first-order valence-electron chi connectivity index (χ1n) is 9.83. The first-order chi connectivity index (χ1) is 13.5. The topological polar surface area (TPSA) is 79.3 Å². The van der Waals surface area contributed by atoms with Crippen LogP contribution >= 0.6 is 12.4 Å². The molecule has 2 amide bonds. The summed E-state index contributed by atoms with van der Waals surface area (Å²) in [4.78, 5) is 27.5. The predicted octanol–water partition coefficient (Wildman–Crippen LogP) is 2.33. The summed E-state index contributed by atoms with van der Waals surface area (Å²) in [5.41, 5.74) is 2.85. The predicted molar refractivity (Wildman–Crippen MR) is 116 cm³/mol. The number of nitrogens with zero attached hydrogens (tertiary/aromatic N) is 3. The number of halogens is 1. The molecule has 2 N–H and O–H groups in total. The number of anilines is 1. The molecule has 1 saturated heterocycles. The Morgan fingerprint density at radius 3 is 2.72 bits per heavy atom. The summed E-state index contributed by atoms with van der Waals surface area (Å²) >= 11 is 0. The maximum Gasteiger partial charge on any atom is 0.244 e. The minimum atomic E-state index is -0.179. The molecule has 29 heavy (non-hydrogen) atoms. The third-order valence-electron chi connectivity index (χ3n) is 5.24. The van der Waals surface area contributed by atoms with E-state index in [0.717, 1.165) is 29.8 Å². The average Bonchev–Trinajstić information content (AvgIpc) is 3.31. The second-order valence-corrected chi connectivity index (χ2v) is 7.44. The minimum Gasteiger partial charge on any atom is -0.333 e. The van der Waals surface area contributed by atoms with Crippen LogP contribution < -0.4 is 10.6 Å². The summed E-state index contributed by atoms with van der Waals surface area (Å²) in [6, 6.07) is 7.65. The molecule has 2 atom stereocenters. The number of nitrogens with one attached hydrogen (secondary N) is 2. The molecule has 1 fully saturated rings. The summed E-state index contributed by atoms with van der Waals surface area (Å²) in [7, 11) is 1.88. The van der Waals surface area contributed by atoms with E-state index in [-0.39, 0.29) is 42.6 Å². The van der Waals surface area contributed by atoms with Crippen LogP contribution in [0.5, 0.6) is 0 Å². The van der Waals surface area contributed by atoms with Crippen molar-refractivity contribution in [1.82, 2.24) is 20.0 Å². The number of hydrogen-bond donors (Lipinski definition) is 2. The third kappa shape index (κ3) is 5.58. The number of carbonyl (C=O) groups is 2. The van der Waals surface area contributed by atoms with Gasteiger partial charge in [0.15, 0.2) is 0 Å². The van der Waals surface area contributed by atoms with Gasteiger partial charge < -0.3 is 15.5 Å². The molecule has 1 aromatic carbocycles. The Bertz CT molecular complexity index is 838. The van der Waals surface area contributed by atoms with Gasteiger partial charge in [0, 0.05) is 44.5 Å². The Morgan fingerprint density at radius 2 is 2.07 bits per heavy atom. The van der Waals surface area contributed by atoms with Gasteiger partial charge in [0.25, 0.3) is 0 Å². The maximum atomic E-state index is 13.3. The van der Waals surface area contributed by atoms with Crippen LogP contribution in [0.15, 0.2) is 36.7 Å². The first-order valence-corrected chi connectivity index (χ1v) is 9.83. The molecule has 2 aromatic rings. The lowest BCUT2D eigenvalue weighted by Crippen LogP contribution is -2.43. The van der Waals surface area contributed by atoms with Crippen LogP contribution in [0.25, 0.3) is 0 Å². The van der Waals surface area contributed by atoms with E-state index in [9.17, 15) is 9.59 Å². The number of amides is 2. The van der Waals surface area contributed by atoms with Gasteiger partial charge in [-0.1, -0.05) is 25.1 Å². The summed E-state index contributed by atoms with van der Waals surface area (Å²) in [6.07, 6.45) is 4.60. The van der Waals surface area contributed by atoms with E-state index in [2.05, 4.69) is 15.7 Å². The van der Waals surface area contributed by atoms with Crippen LogP contribution in [0.4, 0.5) is 5.69 Å². The molecule has 8 heteroatoms. The second kappa shape index (κ2) is 10.4. The molecule has 158 valence electrons. The van der Waals surface area contributed by atoms with Gasteiger partial charge in [0.1, 0.15) is 0 Å². The highest BCUT2D eigenvalue weighted by Gasteiger charge is 2.37. The smallest absolute Gasteiger partial charge is 0.244 e. The molecule has 0 unspecified atom stereocenters. The van der Waals surface area contributed by atoms with Gasteiger partial charge in [-0.15, -0.1) is 12.4 Å². The first kappa shape index (κ1) is 22.9. The van der Waals surface area contributed by atoms with Crippen LogP contribution in [-0.2, 0) is 16.6 Å². The van der Waals surface area contributed by atoms with Crippen molar-refractivity contribution in [3.05, 3.63) is 47.8 Å². The Labute approximate surface area is 178 Å². The zero-order chi connectivity index (χ0) is 20.1. The fraction of sp³-hybridized carbons (Fsp3) is 0.476. The summed E-state index contributed by atoms with van der Waals surface area (Å²) in [6.45, 7) is 5.97. The Balaban J connectivity index is 0.00000300. The highest BCUT2D eigenvalue weighted by atomic mass is 35.5. The molecule has 0 spiro atoms. The SMILES string of the molecule is CCCN(CC(=O)Nc1ccccc1C)C(=O)[C@H]1CNC[C@@H]1c1cnn(C)c1.Cl. The Hall–Kier alpha value is -2.38. The van der Waals surface area contributed by atoms with E-state index < -0.39 is 0 Å². The molecular formula is C21H30ClN5O2. The Morgan fingerprint density at radius 1 is 1.31 bits per heavy atom. The van der Waals surface area contributed by atoms with Crippen molar-refractivity contribution in [2.45, 2.75) is 26.2 Å². The molecule has 1 aliphatic heterocycles. The number of aryl methyl sites for hydroxylation is 2. The molecule has 0 radical (unpaired) electrons. The van der Waals surface area contributed by atoms with E-state index in [4.69, 9.17) is 0 Å². The van der Waals surface area contributed by atoms with Crippen molar-refractivity contribution >= 4 is 29.9 Å². The number of hydrogen-bond acceptors (Lipinski definition) is 4. The van der Waals surface area contributed by atoms with Crippen LogP contribution in [0.3, 0.4) is 0 Å².